The third-order valence-electron chi connectivity index (χ3n) is 3.12. The maximum atomic E-state index is 12.0. The highest BCUT2D eigenvalue weighted by molar-refractivity contribution is 5.78. The normalized spacial score (nSPS) is 10.1. The van der Waals surface area contributed by atoms with Crippen LogP contribution in [-0.4, -0.2) is 37.1 Å². The summed E-state index contributed by atoms with van der Waals surface area (Å²) in [6.45, 7) is 0.316. The Balaban J connectivity index is 1.88. The molecule has 2 rings (SSSR count). The van der Waals surface area contributed by atoms with Gasteiger partial charge in [0.05, 0.1) is 20.1 Å². The van der Waals surface area contributed by atoms with Crippen LogP contribution in [0.4, 0.5) is 5.82 Å². The molecule has 1 heterocycles. The van der Waals surface area contributed by atoms with Crippen molar-refractivity contribution in [3.8, 4) is 5.75 Å². The SMILES string of the molecule is COc1ccc(CC(=O)NCc2nccc(N(C)C)n2)cc1. The lowest BCUT2D eigenvalue weighted by Crippen LogP contribution is -2.26. The van der Waals surface area contributed by atoms with E-state index in [1.165, 1.54) is 0 Å². The third-order valence-corrected chi connectivity index (χ3v) is 3.12. The number of methoxy groups -OCH3 is 1. The van der Waals surface area contributed by atoms with Crippen LogP contribution in [0.5, 0.6) is 5.75 Å². The fourth-order valence-electron chi connectivity index (χ4n) is 1.89. The summed E-state index contributed by atoms with van der Waals surface area (Å²) in [4.78, 5) is 22.4. The van der Waals surface area contributed by atoms with Crippen LogP contribution < -0.4 is 15.0 Å². The van der Waals surface area contributed by atoms with Gasteiger partial charge in [0, 0.05) is 20.3 Å². The topological polar surface area (TPSA) is 67.3 Å². The first-order valence-corrected chi connectivity index (χ1v) is 6.97. The average molecular weight is 300 g/mol. The van der Waals surface area contributed by atoms with Crippen LogP contribution in [0.3, 0.4) is 0 Å². The highest BCUT2D eigenvalue weighted by Gasteiger charge is 2.06. The van der Waals surface area contributed by atoms with Gasteiger partial charge in [0.1, 0.15) is 17.4 Å². The van der Waals surface area contributed by atoms with Crippen molar-refractivity contribution in [2.45, 2.75) is 13.0 Å². The molecule has 0 spiro atoms. The molecule has 0 aliphatic rings. The van der Waals surface area contributed by atoms with Crippen molar-refractivity contribution >= 4 is 11.7 Å². The molecule has 22 heavy (non-hydrogen) atoms. The van der Waals surface area contributed by atoms with Gasteiger partial charge in [-0.05, 0) is 23.8 Å². The number of hydrogen-bond acceptors (Lipinski definition) is 5. The number of carbonyl (C=O) groups is 1. The van der Waals surface area contributed by atoms with E-state index in [2.05, 4.69) is 15.3 Å². The van der Waals surface area contributed by atoms with E-state index >= 15 is 0 Å². The second-order valence-corrected chi connectivity index (χ2v) is 5.03. The van der Waals surface area contributed by atoms with E-state index in [0.717, 1.165) is 17.1 Å². The van der Waals surface area contributed by atoms with Crippen LogP contribution in [0.1, 0.15) is 11.4 Å². The highest BCUT2D eigenvalue weighted by Crippen LogP contribution is 2.11. The van der Waals surface area contributed by atoms with Crippen LogP contribution >= 0.6 is 0 Å². The fraction of sp³-hybridized carbons (Fsp3) is 0.312. The number of aromatic nitrogens is 2. The molecular formula is C16H20N4O2. The molecule has 6 heteroatoms. The Morgan fingerprint density at radius 1 is 1.23 bits per heavy atom. The van der Waals surface area contributed by atoms with Crippen LogP contribution in [0.25, 0.3) is 0 Å². The molecule has 1 aromatic heterocycles. The summed E-state index contributed by atoms with van der Waals surface area (Å²) < 4.78 is 5.09. The standard InChI is InChI=1S/C16H20N4O2/c1-20(2)15-8-9-17-14(19-15)11-18-16(21)10-12-4-6-13(22-3)7-5-12/h4-9H,10-11H2,1-3H3,(H,18,21). The molecular weight excluding hydrogens is 280 g/mol. The van der Waals surface area contributed by atoms with Gasteiger partial charge in [-0.25, -0.2) is 9.97 Å². The molecule has 1 aromatic carbocycles. The number of benzene rings is 1. The van der Waals surface area contributed by atoms with E-state index in [-0.39, 0.29) is 5.91 Å². The van der Waals surface area contributed by atoms with Crippen molar-refractivity contribution in [3.05, 3.63) is 47.9 Å². The molecule has 0 saturated heterocycles. The van der Waals surface area contributed by atoms with Crippen molar-refractivity contribution in [1.29, 1.82) is 0 Å². The summed E-state index contributed by atoms with van der Waals surface area (Å²) >= 11 is 0. The number of carbonyl (C=O) groups excluding carboxylic acids is 1. The van der Waals surface area contributed by atoms with Gasteiger partial charge in [-0.3, -0.25) is 4.79 Å². The second kappa shape index (κ2) is 7.40. The Kier molecular flexibility index (Phi) is 5.30. The van der Waals surface area contributed by atoms with E-state index in [0.29, 0.717) is 18.8 Å². The van der Waals surface area contributed by atoms with Gasteiger partial charge < -0.3 is 15.0 Å². The van der Waals surface area contributed by atoms with Gasteiger partial charge in [0.2, 0.25) is 5.91 Å². The Hall–Kier alpha value is -2.63. The molecule has 116 valence electrons. The Bertz CT molecular complexity index is 626. The maximum Gasteiger partial charge on any atom is 0.224 e. The van der Waals surface area contributed by atoms with Gasteiger partial charge in [-0.1, -0.05) is 12.1 Å². The molecule has 0 aliphatic carbocycles. The summed E-state index contributed by atoms with van der Waals surface area (Å²) in [5.74, 6) is 2.12. The molecule has 0 aliphatic heterocycles. The molecule has 2 aromatic rings. The Labute approximate surface area is 130 Å². The smallest absolute Gasteiger partial charge is 0.224 e. The number of nitrogens with one attached hydrogen (secondary N) is 1. The summed E-state index contributed by atoms with van der Waals surface area (Å²) in [5, 5.41) is 2.83. The predicted octanol–water partition coefficient (Wildman–Crippen LogP) is 1.41. The van der Waals surface area contributed by atoms with E-state index in [4.69, 9.17) is 4.74 Å². The first-order chi connectivity index (χ1) is 10.6. The zero-order valence-corrected chi connectivity index (χ0v) is 13.0. The van der Waals surface area contributed by atoms with Crippen LogP contribution in [0.15, 0.2) is 36.5 Å². The molecule has 0 fully saturated rings. The van der Waals surface area contributed by atoms with E-state index in [1.807, 2.05) is 49.3 Å². The second-order valence-electron chi connectivity index (χ2n) is 5.03. The van der Waals surface area contributed by atoms with Crippen LogP contribution in [-0.2, 0) is 17.8 Å². The van der Waals surface area contributed by atoms with Crippen molar-refractivity contribution < 1.29 is 9.53 Å². The number of hydrogen-bond donors (Lipinski definition) is 1. The van der Waals surface area contributed by atoms with E-state index < -0.39 is 0 Å². The lowest BCUT2D eigenvalue weighted by atomic mass is 10.1. The molecule has 0 atom stereocenters. The van der Waals surface area contributed by atoms with E-state index in [9.17, 15) is 4.79 Å². The number of ether oxygens (including phenoxy) is 1. The molecule has 0 saturated carbocycles. The summed E-state index contributed by atoms with van der Waals surface area (Å²) in [6.07, 6.45) is 2.00. The number of anilines is 1. The van der Waals surface area contributed by atoms with Crippen LogP contribution in [0.2, 0.25) is 0 Å². The fourth-order valence-corrected chi connectivity index (χ4v) is 1.89. The zero-order chi connectivity index (χ0) is 15.9. The first kappa shape index (κ1) is 15.8. The molecule has 6 nitrogen and oxygen atoms in total. The number of nitrogens with zero attached hydrogens (tertiary/aromatic N) is 3. The Morgan fingerprint density at radius 2 is 1.95 bits per heavy atom. The van der Waals surface area contributed by atoms with Crippen molar-refractivity contribution in [2.75, 3.05) is 26.1 Å². The molecule has 0 unspecified atom stereocenters. The van der Waals surface area contributed by atoms with Gasteiger partial charge in [0.15, 0.2) is 0 Å². The lowest BCUT2D eigenvalue weighted by molar-refractivity contribution is -0.120. The minimum absolute atomic E-state index is 0.0657. The summed E-state index contributed by atoms with van der Waals surface area (Å²) in [5.41, 5.74) is 0.932. The predicted molar refractivity (Wildman–Crippen MR) is 84.9 cm³/mol. The quantitative estimate of drug-likeness (QED) is 0.873. The first-order valence-electron chi connectivity index (χ1n) is 6.97. The molecule has 0 bridgehead atoms. The molecule has 1 N–H and O–H groups in total. The maximum absolute atomic E-state index is 12.0. The zero-order valence-electron chi connectivity index (χ0n) is 13.0. The van der Waals surface area contributed by atoms with Gasteiger partial charge in [-0.2, -0.15) is 0 Å². The third kappa shape index (κ3) is 4.44. The molecule has 0 radical (unpaired) electrons. The van der Waals surface area contributed by atoms with Crippen molar-refractivity contribution in [3.63, 3.8) is 0 Å². The van der Waals surface area contributed by atoms with Crippen molar-refractivity contribution in [2.24, 2.45) is 0 Å². The summed E-state index contributed by atoms with van der Waals surface area (Å²) in [6, 6.07) is 9.25. The number of rotatable bonds is 6. The van der Waals surface area contributed by atoms with Crippen molar-refractivity contribution in [1.82, 2.24) is 15.3 Å². The van der Waals surface area contributed by atoms with Gasteiger partial charge >= 0.3 is 0 Å². The minimum atomic E-state index is -0.0657. The minimum Gasteiger partial charge on any atom is -0.497 e. The lowest BCUT2D eigenvalue weighted by Gasteiger charge is -2.12. The van der Waals surface area contributed by atoms with E-state index in [1.54, 1.807) is 13.3 Å². The monoisotopic (exact) mass is 300 g/mol. The summed E-state index contributed by atoms with van der Waals surface area (Å²) in [7, 11) is 5.44. The largest absolute Gasteiger partial charge is 0.497 e. The highest BCUT2D eigenvalue weighted by atomic mass is 16.5. The van der Waals surface area contributed by atoms with Gasteiger partial charge in [0.25, 0.3) is 0 Å². The molecule has 1 amide bonds. The Morgan fingerprint density at radius 3 is 2.59 bits per heavy atom. The number of amides is 1. The van der Waals surface area contributed by atoms with Crippen LogP contribution in [0, 0.1) is 0 Å². The average Bonchev–Trinajstić information content (AvgIpc) is 2.54. The van der Waals surface area contributed by atoms with Gasteiger partial charge in [-0.15, -0.1) is 0 Å².